The van der Waals surface area contributed by atoms with Crippen LogP contribution < -0.4 is 5.43 Å². The molecule has 0 radical (unpaired) electrons. The van der Waals surface area contributed by atoms with E-state index in [0.717, 1.165) is 12.8 Å². The SMILES string of the molecule is CCCc1noc(Cn2ccc(=O)c(C(=O)O)c2)n1. The highest BCUT2D eigenvalue weighted by molar-refractivity contribution is 5.86. The summed E-state index contributed by atoms with van der Waals surface area (Å²) < 4.78 is 6.57. The number of carbonyl (C=O) groups is 1. The first-order chi connectivity index (χ1) is 9.10. The van der Waals surface area contributed by atoms with E-state index in [1.54, 1.807) is 0 Å². The Hall–Kier alpha value is -2.44. The Morgan fingerprint density at radius 1 is 1.53 bits per heavy atom. The molecule has 100 valence electrons. The first kappa shape index (κ1) is 13.0. The second kappa shape index (κ2) is 5.47. The fraction of sp³-hybridized carbons (Fsp3) is 0.333. The van der Waals surface area contributed by atoms with Gasteiger partial charge in [0, 0.05) is 24.9 Å². The zero-order valence-corrected chi connectivity index (χ0v) is 10.4. The third kappa shape index (κ3) is 3.06. The number of nitrogens with zero attached hydrogens (tertiary/aromatic N) is 3. The number of aromatic nitrogens is 3. The maximum atomic E-state index is 11.3. The van der Waals surface area contributed by atoms with Crippen LogP contribution in [0.25, 0.3) is 0 Å². The summed E-state index contributed by atoms with van der Waals surface area (Å²) in [5.74, 6) is -0.253. The van der Waals surface area contributed by atoms with Crippen molar-refractivity contribution in [3.8, 4) is 0 Å². The van der Waals surface area contributed by atoms with Gasteiger partial charge in [0.1, 0.15) is 12.1 Å². The lowest BCUT2D eigenvalue weighted by molar-refractivity contribution is 0.0694. The van der Waals surface area contributed by atoms with Gasteiger partial charge in [-0.3, -0.25) is 4.79 Å². The minimum atomic E-state index is -1.25. The molecule has 2 rings (SSSR count). The standard InChI is InChI=1S/C12H13N3O4/c1-2-3-10-13-11(19-14-10)7-15-5-4-9(16)8(6-15)12(17)18/h4-6H,2-3,7H2,1H3,(H,17,18). The second-order valence-corrected chi connectivity index (χ2v) is 4.05. The van der Waals surface area contributed by atoms with E-state index in [1.165, 1.54) is 23.0 Å². The van der Waals surface area contributed by atoms with Crippen LogP contribution in [0.5, 0.6) is 0 Å². The molecule has 0 spiro atoms. The van der Waals surface area contributed by atoms with E-state index < -0.39 is 11.4 Å². The number of pyridine rings is 1. The normalized spacial score (nSPS) is 10.6. The Labute approximate surface area is 108 Å². The molecule has 0 aliphatic heterocycles. The number of carboxylic acid groups (broad SMARTS) is 1. The molecule has 0 bridgehead atoms. The van der Waals surface area contributed by atoms with Gasteiger partial charge >= 0.3 is 5.97 Å². The lowest BCUT2D eigenvalue weighted by Crippen LogP contribution is -2.16. The molecule has 19 heavy (non-hydrogen) atoms. The van der Waals surface area contributed by atoms with Gasteiger partial charge in [-0.1, -0.05) is 12.1 Å². The Bertz CT molecular complexity index is 644. The van der Waals surface area contributed by atoms with Crippen LogP contribution in [0, 0.1) is 0 Å². The van der Waals surface area contributed by atoms with Crippen molar-refractivity contribution < 1.29 is 14.4 Å². The lowest BCUT2D eigenvalue weighted by atomic mass is 10.3. The summed E-state index contributed by atoms with van der Waals surface area (Å²) in [6.07, 6.45) is 4.39. The summed E-state index contributed by atoms with van der Waals surface area (Å²) in [4.78, 5) is 26.3. The highest BCUT2D eigenvalue weighted by Crippen LogP contribution is 2.03. The van der Waals surface area contributed by atoms with Crippen LogP contribution >= 0.6 is 0 Å². The third-order valence-electron chi connectivity index (χ3n) is 2.51. The second-order valence-electron chi connectivity index (χ2n) is 4.05. The monoisotopic (exact) mass is 263 g/mol. The van der Waals surface area contributed by atoms with E-state index in [0.29, 0.717) is 11.7 Å². The first-order valence-electron chi connectivity index (χ1n) is 5.85. The van der Waals surface area contributed by atoms with E-state index >= 15 is 0 Å². The van der Waals surface area contributed by atoms with Crippen molar-refractivity contribution in [3.63, 3.8) is 0 Å². The van der Waals surface area contributed by atoms with Gasteiger partial charge < -0.3 is 14.2 Å². The minimum Gasteiger partial charge on any atom is -0.477 e. The van der Waals surface area contributed by atoms with Crippen LogP contribution in [0.3, 0.4) is 0 Å². The highest BCUT2D eigenvalue weighted by Gasteiger charge is 2.10. The molecule has 0 aliphatic rings. The van der Waals surface area contributed by atoms with Gasteiger partial charge in [-0.15, -0.1) is 0 Å². The van der Waals surface area contributed by atoms with Gasteiger partial charge in [0.15, 0.2) is 11.3 Å². The molecule has 2 aromatic rings. The number of hydrogen-bond acceptors (Lipinski definition) is 5. The Morgan fingerprint density at radius 3 is 3.00 bits per heavy atom. The summed E-state index contributed by atoms with van der Waals surface area (Å²) in [6, 6.07) is 1.20. The Morgan fingerprint density at radius 2 is 2.32 bits per heavy atom. The number of aryl methyl sites for hydroxylation is 1. The van der Waals surface area contributed by atoms with Crippen LogP contribution in [0.2, 0.25) is 0 Å². The maximum absolute atomic E-state index is 11.3. The molecular formula is C12H13N3O4. The van der Waals surface area contributed by atoms with Crippen LogP contribution in [0.1, 0.15) is 35.4 Å². The molecule has 7 nitrogen and oxygen atoms in total. The van der Waals surface area contributed by atoms with Crippen molar-refractivity contribution in [2.24, 2.45) is 0 Å². The molecular weight excluding hydrogens is 250 g/mol. The fourth-order valence-electron chi connectivity index (χ4n) is 1.62. The van der Waals surface area contributed by atoms with Crippen molar-refractivity contribution in [2.45, 2.75) is 26.3 Å². The molecule has 1 N–H and O–H groups in total. The van der Waals surface area contributed by atoms with Crippen LogP contribution in [-0.4, -0.2) is 25.8 Å². The third-order valence-corrected chi connectivity index (χ3v) is 2.51. The Kier molecular flexibility index (Phi) is 3.74. The molecule has 2 heterocycles. The quantitative estimate of drug-likeness (QED) is 0.861. The van der Waals surface area contributed by atoms with Gasteiger partial charge in [0.2, 0.25) is 5.89 Å². The molecule has 0 unspecified atom stereocenters. The largest absolute Gasteiger partial charge is 0.477 e. The summed E-state index contributed by atoms with van der Waals surface area (Å²) in [5.41, 5.74) is -0.809. The lowest BCUT2D eigenvalue weighted by Gasteiger charge is -2.03. The summed E-state index contributed by atoms with van der Waals surface area (Å²) in [6.45, 7) is 2.24. The van der Waals surface area contributed by atoms with Crippen molar-refractivity contribution >= 4 is 5.97 Å². The van der Waals surface area contributed by atoms with Crippen LogP contribution in [0.15, 0.2) is 27.8 Å². The molecule has 0 saturated carbocycles. The van der Waals surface area contributed by atoms with Crippen molar-refractivity contribution in [2.75, 3.05) is 0 Å². The molecule has 0 aliphatic carbocycles. The maximum Gasteiger partial charge on any atom is 0.341 e. The van der Waals surface area contributed by atoms with Crippen molar-refractivity contribution in [3.05, 3.63) is 46.0 Å². The average molecular weight is 263 g/mol. The van der Waals surface area contributed by atoms with Gasteiger partial charge in [-0.05, 0) is 6.42 Å². The number of rotatable bonds is 5. The number of hydrogen-bond donors (Lipinski definition) is 1. The zero-order chi connectivity index (χ0) is 13.8. The topological polar surface area (TPSA) is 98.2 Å². The highest BCUT2D eigenvalue weighted by atomic mass is 16.5. The summed E-state index contributed by atoms with van der Waals surface area (Å²) >= 11 is 0. The average Bonchev–Trinajstić information content (AvgIpc) is 2.79. The van der Waals surface area contributed by atoms with E-state index in [1.807, 2.05) is 6.92 Å². The van der Waals surface area contributed by atoms with Gasteiger partial charge in [-0.25, -0.2) is 4.79 Å². The smallest absolute Gasteiger partial charge is 0.341 e. The van der Waals surface area contributed by atoms with E-state index in [4.69, 9.17) is 9.63 Å². The molecule has 7 heteroatoms. The predicted molar refractivity (Wildman–Crippen MR) is 65.1 cm³/mol. The van der Waals surface area contributed by atoms with Crippen LogP contribution in [-0.2, 0) is 13.0 Å². The van der Waals surface area contributed by atoms with Crippen LogP contribution in [0.4, 0.5) is 0 Å². The summed E-state index contributed by atoms with van der Waals surface area (Å²) in [7, 11) is 0. The van der Waals surface area contributed by atoms with E-state index in [-0.39, 0.29) is 12.1 Å². The zero-order valence-electron chi connectivity index (χ0n) is 10.4. The molecule has 0 amide bonds. The molecule has 2 aromatic heterocycles. The van der Waals surface area contributed by atoms with Crippen molar-refractivity contribution in [1.29, 1.82) is 0 Å². The first-order valence-corrected chi connectivity index (χ1v) is 5.85. The molecule has 0 saturated heterocycles. The fourth-order valence-corrected chi connectivity index (χ4v) is 1.62. The van der Waals surface area contributed by atoms with E-state index in [2.05, 4.69) is 10.1 Å². The van der Waals surface area contributed by atoms with Crippen molar-refractivity contribution in [1.82, 2.24) is 14.7 Å². The van der Waals surface area contributed by atoms with E-state index in [9.17, 15) is 9.59 Å². The predicted octanol–water partition coefficient (Wildman–Crippen LogP) is 0.930. The number of carboxylic acids is 1. The molecule has 0 aromatic carbocycles. The van der Waals surface area contributed by atoms with Gasteiger partial charge in [-0.2, -0.15) is 4.98 Å². The minimum absolute atomic E-state index is 0.233. The summed E-state index contributed by atoms with van der Waals surface area (Å²) in [5, 5.41) is 12.7. The van der Waals surface area contributed by atoms with Gasteiger partial charge in [0.25, 0.3) is 0 Å². The van der Waals surface area contributed by atoms with Gasteiger partial charge in [0.05, 0.1) is 0 Å². The number of aromatic carboxylic acids is 1. The Balaban J connectivity index is 2.20. The molecule has 0 atom stereocenters. The molecule has 0 fully saturated rings.